The van der Waals surface area contributed by atoms with Crippen LogP contribution in [0.25, 0.3) is 0 Å². The van der Waals surface area contributed by atoms with E-state index in [9.17, 15) is 0 Å². The second-order valence-electron chi connectivity index (χ2n) is 5.91. The Morgan fingerprint density at radius 3 is 1.76 bits per heavy atom. The first-order valence-electron chi connectivity index (χ1n) is 6.49. The molecule has 0 N–H and O–H groups in total. The topological polar surface area (TPSA) is 0 Å². The van der Waals surface area contributed by atoms with Gasteiger partial charge < -0.3 is 37.2 Å². The molecule has 0 bridgehead atoms. The molecule has 2 rings (SSSR count). The van der Waals surface area contributed by atoms with Gasteiger partial charge in [0.05, 0.1) is 0 Å². The van der Waals surface area contributed by atoms with Gasteiger partial charge in [0, 0.05) is 0 Å². The van der Waals surface area contributed by atoms with Crippen LogP contribution in [0.2, 0.25) is 3.72 Å². The SMILES string of the molecule is Cc1ccc(C)c(C(C)(C)[C]2([Ti+3])C=CC=C2)c1C.[Cl-].[Cl-].[Cl-]. The molecule has 0 radical (unpaired) electrons. The van der Waals surface area contributed by atoms with Crippen LogP contribution in [0.4, 0.5) is 0 Å². The summed E-state index contributed by atoms with van der Waals surface area (Å²) in [6.45, 7) is 11.4. The van der Waals surface area contributed by atoms with Crippen molar-refractivity contribution in [2.45, 2.75) is 43.8 Å². The van der Waals surface area contributed by atoms with E-state index in [1.165, 1.54) is 22.3 Å². The van der Waals surface area contributed by atoms with Gasteiger partial charge in [-0.2, -0.15) is 0 Å². The quantitative estimate of drug-likeness (QED) is 0.457. The summed E-state index contributed by atoms with van der Waals surface area (Å²) in [6, 6.07) is 4.48. The molecule has 0 nitrogen and oxygen atoms in total. The summed E-state index contributed by atoms with van der Waals surface area (Å²) in [6.07, 6.45) is 8.99. The largest absolute Gasteiger partial charge is 1.00 e. The fourth-order valence-electron chi connectivity index (χ4n) is 3.01. The van der Waals surface area contributed by atoms with Gasteiger partial charge in [0.2, 0.25) is 0 Å². The fourth-order valence-corrected chi connectivity index (χ4v) is 3.50. The van der Waals surface area contributed by atoms with Crippen molar-refractivity contribution in [1.82, 2.24) is 0 Å². The number of rotatable bonds is 2. The molecule has 0 heterocycles. The minimum atomic E-state index is 0. The van der Waals surface area contributed by atoms with Crippen molar-refractivity contribution >= 4 is 0 Å². The molecule has 0 spiro atoms. The molecule has 0 amide bonds. The predicted molar refractivity (Wildman–Crippen MR) is 74.7 cm³/mol. The van der Waals surface area contributed by atoms with Crippen molar-refractivity contribution < 1.29 is 57.7 Å². The molecule has 0 saturated heterocycles. The van der Waals surface area contributed by atoms with Gasteiger partial charge in [0.15, 0.2) is 0 Å². The molecule has 0 aromatic heterocycles. The van der Waals surface area contributed by atoms with Gasteiger partial charge in [-0.15, -0.1) is 0 Å². The molecule has 21 heavy (non-hydrogen) atoms. The van der Waals surface area contributed by atoms with Crippen LogP contribution < -0.4 is 37.2 Å². The van der Waals surface area contributed by atoms with E-state index in [0.717, 1.165) is 0 Å². The Balaban J connectivity index is 0. The van der Waals surface area contributed by atoms with Gasteiger partial charge in [-0.3, -0.25) is 0 Å². The molecule has 0 aliphatic heterocycles. The maximum atomic E-state index is 2.36. The Bertz CT molecular complexity index is 533. The van der Waals surface area contributed by atoms with Crippen LogP contribution in [0.15, 0.2) is 36.4 Å². The van der Waals surface area contributed by atoms with Crippen molar-refractivity contribution in [1.29, 1.82) is 0 Å². The third kappa shape index (κ3) is 3.98. The van der Waals surface area contributed by atoms with Gasteiger partial charge in [0.1, 0.15) is 0 Å². The van der Waals surface area contributed by atoms with Gasteiger partial charge in [-0.25, -0.2) is 0 Å². The molecule has 0 unspecified atom stereocenters. The molecular weight excluding hydrogens is 358 g/mol. The van der Waals surface area contributed by atoms with Crippen LogP contribution in [0.1, 0.15) is 36.1 Å². The number of halogens is 3. The van der Waals surface area contributed by atoms with Crippen molar-refractivity contribution in [2.24, 2.45) is 0 Å². The molecule has 0 saturated carbocycles. The van der Waals surface area contributed by atoms with E-state index in [2.05, 4.69) is 91.5 Å². The summed E-state index contributed by atoms with van der Waals surface area (Å²) in [4.78, 5) is 0. The van der Waals surface area contributed by atoms with Crippen molar-refractivity contribution in [3.63, 3.8) is 0 Å². The molecule has 114 valence electrons. The molecule has 0 atom stereocenters. The van der Waals surface area contributed by atoms with Crippen LogP contribution in [0.3, 0.4) is 0 Å². The second-order valence-corrected chi connectivity index (χ2v) is 7.20. The molecule has 0 fully saturated rings. The zero-order valence-corrected chi connectivity index (χ0v) is 16.9. The van der Waals surface area contributed by atoms with Gasteiger partial charge in [0.25, 0.3) is 0 Å². The molecule has 1 aliphatic carbocycles. The van der Waals surface area contributed by atoms with Gasteiger partial charge in [-0.05, 0) is 0 Å². The van der Waals surface area contributed by atoms with Crippen LogP contribution in [0, 0.1) is 20.8 Å². The zero-order valence-electron chi connectivity index (χ0n) is 13.1. The van der Waals surface area contributed by atoms with E-state index in [0.29, 0.717) is 0 Å². The fraction of sp³-hybridized carbons (Fsp3) is 0.412. The van der Waals surface area contributed by atoms with E-state index >= 15 is 0 Å². The Morgan fingerprint density at radius 2 is 1.29 bits per heavy atom. The predicted octanol–water partition coefficient (Wildman–Crippen LogP) is -4.27. The summed E-state index contributed by atoms with van der Waals surface area (Å²) in [5, 5.41) is 0. The Labute approximate surface area is 159 Å². The molecule has 1 aromatic carbocycles. The van der Waals surface area contributed by atoms with Gasteiger partial charge >= 0.3 is 123 Å². The third-order valence-electron chi connectivity index (χ3n) is 4.43. The average molecular weight is 380 g/mol. The Kier molecular flexibility index (Phi) is 9.22. The summed E-state index contributed by atoms with van der Waals surface area (Å²) < 4.78 is 0.107. The molecule has 4 heteroatoms. The number of allylic oxidation sites excluding steroid dienone is 4. The first kappa shape index (κ1) is 23.5. The summed E-state index contributed by atoms with van der Waals surface area (Å²) >= 11 is 2.33. The maximum absolute atomic E-state index is 2.36. The summed E-state index contributed by atoms with van der Waals surface area (Å²) in [5.74, 6) is 0. The first-order valence-corrected chi connectivity index (χ1v) is 7.27. The van der Waals surface area contributed by atoms with E-state index in [4.69, 9.17) is 0 Å². The van der Waals surface area contributed by atoms with Crippen molar-refractivity contribution in [3.05, 3.63) is 58.7 Å². The third-order valence-corrected chi connectivity index (χ3v) is 5.93. The zero-order chi connectivity index (χ0) is 13.6. The van der Waals surface area contributed by atoms with Crippen molar-refractivity contribution in [2.75, 3.05) is 0 Å². The van der Waals surface area contributed by atoms with Crippen LogP contribution in [0.5, 0.6) is 0 Å². The first-order chi connectivity index (χ1) is 8.29. The Morgan fingerprint density at radius 1 is 0.857 bits per heavy atom. The number of aryl methyl sites for hydroxylation is 2. The average Bonchev–Trinajstić information content (AvgIpc) is 2.73. The van der Waals surface area contributed by atoms with Crippen LogP contribution >= 0.6 is 0 Å². The van der Waals surface area contributed by atoms with E-state index in [1.807, 2.05) is 0 Å². The number of hydrogen-bond donors (Lipinski definition) is 0. The number of hydrogen-bond acceptors (Lipinski definition) is 0. The van der Waals surface area contributed by atoms with E-state index in [-0.39, 0.29) is 46.4 Å². The minimum absolute atomic E-state index is 0. The Hall–Kier alpha value is 0.284. The molecule has 1 aromatic rings. The monoisotopic (exact) mass is 378 g/mol. The van der Waals surface area contributed by atoms with Crippen LogP contribution in [-0.2, 0) is 25.9 Å². The number of benzene rings is 1. The van der Waals surface area contributed by atoms with Crippen molar-refractivity contribution in [3.8, 4) is 0 Å². The summed E-state index contributed by atoms with van der Waals surface area (Å²) in [7, 11) is 0. The maximum Gasteiger partial charge on any atom is -1.00 e. The molecule has 1 aliphatic rings. The standard InChI is InChI=1S/C17H21.3ClH.Ti/c1-12-10-11-13(2)16(14(12)3)17(4,5)15-8-6-7-9-15;;;;/h6-11H,1-5H3;3*1H;/q;;;;+3/p-3. The molecular formula is C17H21Cl3Ti. The smallest absolute Gasteiger partial charge is 1.00 e. The van der Waals surface area contributed by atoms with E-state index in [1.54, 1.807) is 0 Å². The minimum Gasteiger partial charge on any atom is -1.00 e. The van der Waals surface area contributed by atoms with Crippen LogP contribution in [-0.4, -0.2) is 0 Å². The second kappa shape index (κ2) is 8.22. The summed E-state index contributed by atoms with van der Waals surface area (Å²) in [5.41, 5.74) is 5.84. The normalized spacial score (nSPS) is 15.0. The van der Waals surface area contributed by atoms with E-state index < -0.39 is 0 Å². The van der Waals surface area contributed by atoms with Gasteiger partial charge in [-0.1, -0.05) is 0 Å².